The number of halogens is 1. The predicted octanol–water partition coefficient (Wildman–Crippen LogP) is 2.70. The van der Waals surface area contributed by atoms with Crippen LogP contribution in [0.4, 0.5) is 5.69 Å². The van der Waals surface area contributed by atoms with Crippen LogP contribution in [0, 0.1) is 6.92 Å². The molecule has 1 unspecified atom stereocenters. The Kier molecular flexibility index (Phi) is 3.74. The lowest BCUT2D eigenvalue weighted by molar-refractivity contribution is -0.136. The largest absolute Gasteiger partial charge is 0.479 e. The van der Waals surface area contributed by atoms with E-state index in [0.29, 0.717) is 10.7 Å². The summed E-state index contributed by atoms with van der Waals surface area (Å²) in [5.74, 6) is -0.968. The minimum atomic E-state index is -0.968. The van der Waals surface area contributed by atoms with E-state index in [4.69, 9.17) is 16.7 Å². The zero-order chi connectivity index (χ0) is 11.4. The van der Waals surface area contributed by atoms with Gasteiger partial charge in [-0.2, -0.15) is 0 Å². The van der Waals surface area contributed by atoms with Crippen LogP contribution in [-0.2, 0) is 4.79 Å². The quantitative estimate of drug-likeness (QED) is 0.775. The molecule has 2 N–H and O–H groups in total. The van der Waals surface area contributed by atoms with Gasteiger partial charge in [0.1, 0.15) is 6.04 Å². The van der Waals surface area contributed by atoms with Crippen molar-refractivity contribution in [3.63, 3.8) is 0 Å². The van der Waals surface area contributed by atoms with Crippen LogP contribution in [0.2, 0.25) is 5.02 Å². The van der Waals surface area contributed by atoms with Gasteiger partial charge >= 0.3 is 5.97 Å². The van der Waals surface area contributed by atoms with Gasteiger partial charge in [-0.1, -0.05) is 23.7 Å². The van der Waals surface area contributed by atoms with Gasteiger partial charge in [0.25, 0.3) is 0 Å². The molecule has 80 valence electrons. The number of anilines is 1. The molecule has 0 radical (unpaired) electrons. The Morgan fingerprint density at radius 1 is 1.67 bits per heavy atom. The lowest BCUT2D eigenvalue weighted by atomic mass is 10.2. The van der Waals surface area contributed by atoms with Crippen molar-refractivity contribution in [2.75, 3.05) is 5.32 Å². The monoisotopic (exact) mass is 225 g/mol. The molecule has 0 aliphatic rings. The van der Waals surface area contributed by atoms with Crippen LogP contribution >= 0.6 is 11.6 Å². The molecule has 0 heterocycles. The van der Waals surface area contributed by atoms with E-state index in [9.17, 15) is 4.79 Å². The highest BCUT2D eigenvalue weighted by atomic mass is 35.5. The van der Waals surface area contributed by atoms with Crippen LogP contribution < -0.4 is 5.32 Å². The van der Waals surface area contributed by atoms with Crippen molar-refractivity contribution in [1.29, 1.82) is 0 Å². The summed E-state index contributed by atoms with van der Waals surface area (Å²) in [5, 5.41) is 12.2. The second-order valence-electron chi connectivity index (χ2n) is 3.16. The molecule has 1 aromatic carbocycles. The maximum atomic E-state index is 10.8. The molecule has 15 heavy (non-hydrogen) atoms. The van der Waals surface area contributed by atoms with Crippen LogP contribution in [0.25, 0.3) is 0 Å². The first kappa shape index (κ1) is 11.6. The van der Waals surface area contributed by atoms with Gasteiger partial charge in [0.2, 0.25) is 0 Å². The highest BCUT2D eigenvalue weighted by Gasteiger charge is 2.13. The van der Waals surface area contributed by atoms with Gasteiger partial charge in [0.15, 0.2) is 0 Å². The fourth-order valence-corrected chi connectivity index (χ4v) is 1.31. The summed E-state index contributed by atoms with van der Waals surface area (Å²) in [5.41, 5.74) is 1.64. The lowest BCUT2D eigenvalue weighted by Gasteiger charge is -2.14. The molecule has 1 aromatic rings. The number of aliphatic carboxylic acids is 1. The molecule has 0 saturated carbocycles. The lowest BCUT2D eigenvalue weighted by Crippen LogP contribution is -2.26. The van der Waals surface area contributed by atoms with E-state index < -0.39 is 12.0 Å². The van der Waals surface area contributed by atoms with E-state index >= 15 is 0 Å². The zero-order valence-corrected chi connectivity index (χ0v) is 9.08. The van der Waals surface area contributed by atoms with Crippen LogP contribution in [0.5, 0.6) is 0 Å². The second-order valence-corrected chi connectivity index (χ2v) is 3.59. The Morgan fingerprint density at radius 3 is 2.87 bits per heavy atom. The van der Waals surface area contributed by atoms with Crippen molar-refractivity contribution < 1.29 is 9.90 Å². The number of aryl methyl sites for hydroxylation is 1. The molecule has 1 atom stereocenters. The maximum Gasteiger partial charge on any atom is 0.330 e. The summed E-state index contributed by atoms with van der Waals surface area (Å²) in [7, 11) is 0. The fourth-order valence-electron chi connectivity index (χ4n) is 1.14. The van der Waals surface area contributed by atoms with Crippen molar-refractivity contribution in [1.82, 2.24) is 0 Å². The molecule has 0 fully saturated rings. The summed E-state index contributed by atoms with van der Waals surface area (Å²) >= 11 is 5.81. The molecule has 0 aliphatic carbocycles. The SMILES string of the molecule is C=CC(Nc1cc(Cl)ccc1C)C(=O)O. The Balaban J connectivity index is 2.92. The number of rotatable bonds is 4. The van der Waals surface area contributed by atoms with Crippen molar-refractivity contribution >= 4 is 23.3 Å². The molecule has 4 heteroatoms. The van der Waals surface area contributed by atoms with Crippen molar-refractivity contribution in [2.24, 2.45) is 0 Å². The molecule has 0 amide bonds. The molecular formula is C11H12ClNO2. The number of benzene rings is 1. The number of hydrogen-bond donors (Lipinski definition) is 2. The number of carbonyl (C=O) groups is 1. The summed E-state index contributed by atoms with van der Waals surface area (Å²) in [6.07, 6.45) is 1.34. The van der Waals surface area contributed by atoms with Crippen molar-refractivity contribution in [3.8, 4) is 0 Å². The van der Waals surface area contributed by atoms with Gasteiger partial charge in [0.05, 0.1) is 0 Å². The van der Waals surface area contributed by atoms with Gasteiger partial charge in [-0.15, -0.1) is 6.58 Å². The third-order valence-electron chi connectivity index (χ3n) is 2.01. The van der Waals surface area contributed by atoms with Gasteiger partial charge in [0, 0.05) is 10.7 Å². The summed E-state index contributed by atoms with van der Waals surface area (Å²) in [4.78, 5) is 10.8. The molecular weight excluding hydrogens is 214 g/mol. The van der Waals surface area contributed by atoms with E-state index in [0.717, 1.165) is 5.56 Å². The van der Waals surface area contributed by atoms with Gasteiger partial charge < -0.3 is 10.4 Å². The van der Waals surface area contributed by atoms with E-state index in [1.165, 1.54) is 6.08 Å². The smallest absolute Gasteiger partial charge is 0.330 e. The summed E-state index contributed by atoms with van der Waals surface area (Å²) in [6.45, 7) is 5.33. The average Bonchev–Trinajstić information content (AvgIpc) is 2.18. The molecule has 0 spiro atoms. The van der Waals surface area contributed by atoms with E-state index in [2.05, 4.69) is 11.9 Å². The predicted molar refractivity (Wildman–Crippen MR) is 61.4 cm³/mol. The number of nitrogens with one attached hydrogen (secondary N) is 1. The molecule has 3 nitrogen and oxygen atoms in total. The zero-order valence-electron chi connectivity index (χ0n) is 8.33. The van der Waals surface area contributed by atoms with E-state index in [1.807, 2.05) is 13.0 Å². The highest BCUT2D eigenvalue weighted by molar-refractivity contribution is 6.30. The number of carboxylic acid groups (broad SMARTS) is 1. The maximum absolute atomic E-state index is 10.8. The van der Waals surface area contributed by atoms with E-state index in [-0.39, 0.29) is 0 Å². The van der Waals surface area contributed by atoms with Crippen LogP contribution in [-0.4, -0.2) is 17.1 Å². The first-order valence-corrected chi connectivity index (χ1v) is 4.80. The Hall–Kier alpha value is -1.48. The van der Waals surface area contributed by atoms with Gasteiger partial charge in [-0.3, -0.25) is 0 Å². The van der Waals surface area contributed by atoms with Crippen molar-refractivity contribution in [2.45, 2.75) is 13.0 Å². The fraction of sp³-hybridized carbons (Fsp3) is 0.182. The number of hydrogen-bond acceptors (Lipinski definition) is 2. The van der Waals surface area contributed by atoms with Crippen LogP contribution in [0.3, 0.4) is 0 Å². The minimum Gasteiger partial charge on any atom is -0.479 e. The Labute approximate surface area is 93.4 Å². The molecule has 0 bridgehead atoms. The third kappa shape index (κ3) is 2.99. The molecule has 1 rings (SSSR count). The van der Waals surface area contributed by atoms with Gasteiger partial charge in [-0.05, 0) is 24.6 Å². The van der Waals surface area contributed by atoms with Crippen LogP contribution in [0.1, 0.15) is 5.56 Å². The first-order chi connectivity index (χ1) is 7.04. The molecule has 0 saturated heterocycles. The third-order valence-corrected chi connectivity index (χ3v) is 2.25. The normalized spacial score (nSPS) is 11.9. The topological polar surface area (TPSA) is 49.3 Å². The first-order valence-electron chi connectivity index (χ1n) is 4.42. The second kappa shape index (κ2) is 4.84. The number of carboxylic acids is 1. The van der Waals surface area contributed by atoms with Crippen LogP contribution in [0.15, 0.2) is 30.9 Å². The van der Waals surface area contributed by atoms with Gasteiger partial charge in [-0.25, -0.2) is 4.79 Å². The summed E-state index contributed by atoms with van der Waals surface area (Å²) in [6, 6.07) is 4.47. The average molecular weight is 226 g/mol. The highest BCUT2D eigenvalue weighted by Crippen LogP contribution is 2.20. The molecule has 0 aliphatic heterocycles. The standard InChI is InChI=1S/C11H12ClNO2/c1-3-9(11(14)15)13-10-6-8(12)5-4-7(10)2/h3-6,9,13H,1H2,2H3,(H,14,15). The Bertz CT molecular complexity index is 390. The Morgan fingerprint density at radius 2 is 2.33 bits per heavy atom. The minimum absolute atomic E-state index is 0.566. The summed E-state index contributed by atoms with van der Waals surface area (Å²) < 4.78 is 0. The van der Waals surface area contributed by atoms with Crippen molar-refractivity contribution in [3.05, 3.63) is 41.4 Å². The van der Waals surface area contributed by atoms with E-state index in [1.54, 1.807) is 12.1 Å². The molecule has 0 aromatic heterocycles.